The van der Waals surface area contributed by atoms with Crippen LogP contribution in [0.3, 0.4) is 0 Å². The van der Waals surface area contributed by atoms with Crippen LogP contribution in [0.5, 0.6) is 0 Å². The van der Waals surface area contributed by atoms with Gasteiger partial charge in [0.05, 0.1) is 13.2 Å². The van der Waals surface area contributed by atoms with Crippen molar-refractivity contribution in [3.05, 3.63) is 11.3 Å². The maximum absolute atomic E-state index is 5.39. The lowest BCUT2D eigenvalue weighted by Crippen LogP contribution is -2.42. The highest BCUT2D eigenvalue weighted by Gasteiger charge is 2.16. The third-order valence-corrected chi connectivity index (χ3v) is 3.28. The van der Waals surface area contributed by atoms with E-state index < -0.39 is 0 Å². The number of fused-ring (bicyclic) bond motifs is 1. The summed E-state index contributed by atoms with van der Waals surface area (Å²) in [6.45, 7) is 2.50. The highest BCUT2D eigenvalue weighted by molar-refractivity contribution is 7.16. The van der Waals surface area contributed by atoms with Crippen molar-refractivity contribution < 1.29 is 4.74 Å². The first-order chi connectivity index (χ1) is 7.42. The van der Waals surface area contributed by atoms with Crippen LogP contribution in [0.25, 0.3) is 4.96 Å². The molecule has 0 spiro atoms. The van der Waals surface area contributed by atoms with Gasteiger partial charge in [0.1, 0.15) is 11.3 Å². The predicted octanol–water partition coefficient (Wildman–Crippen LogP) is -0.283. The normalized spacial score (nSPS) is 22.3. The van der Waals surface area contributed by atoms with Crippen LogP contribution in [0.15, 0.2) is 6.33 Å². The summed E-state index contributed by atoms with van der Waals surface area (Å²) in [4.78, 5) is 0.849. The van der Waals surface area contributed by atoms with Crippen molar-refractivity contribution in [2.45, 2.75) is 12.5 Å². The van der Waals surface area contributed by atoms with Gasteiger partial charge in [-0.1, -0.05) is 11.3 Å². The molecule has 1 N–H and O–H groups in total. The van der Waals surface area contributed by atoms with E-state index in [2.05, 4.69) is 20.6 Å². The molecule has 3 rings (SSSR count). The second kappa shape index (κ2) is 3.84. The second-order valence-electron chi connectivity index (χ2n) is 3.48. The lowest BCUT2D eigenvalue weighted by atomic mass is 10.2. The van der Waals surface area contributed by atoms with Crippen molar-refractivity contribution in [2.75, 3.05) is 19.8 Å². The van der Waals surface area contributed by atoms with Gasteiger partial charge in [0.15, 0.2) is 0 Å². The maximum Gasteiger partial charge on any atom is 0.234 e. The zero-order valence-electron chi connectivity index (χ0n) is 8.09. The van der Waals surface area contributed by atoms with Crippen LogP contribution in [-0.4, -0.2) is 45.6 Å². The molecule has 1 aliphatic rings. The molecule has 1 fully saturated rings. The monoisotopic (exact) mass is 225 g/mol. The van der Waals surface area contributed by atoms with Gasteiger partial charge in [-0.2, -0.15) is 9.61 Å². The minimum absolute atomic E-state index is 0.377. The number of hydrogen-bond donors (Lipinski definition) is 1. The number of morpholine rings is 1. The molecule has 6 nitrogen and oxygen atoms in total. The van der Waals surface area contributed by atoms with E-state index in [-0.39, 0.29) is 0 Å². The van der Waals surface area contributed by atoms with E-state index in [0.717, 1.165) is 36.1 Å². The highest BCUT2D eigenvalue weighted by Crippen LogP contribution is 2.14. The molecule has 0 aliphatic carbocycles. The molecular weight excluding hydrogens is 214 g/mol. The number of hydrogen-bond acceptors (Lipinski definition) is 6. The molecule has 0 saturated carbocycles. The average Bonchev–Trinajstić information content (AvgIpc) is 2.79. The van der Waals surface area contributed by atoms with Crippen molar-refractivity contribution in [3.8, 4) is 0 Å². The van der Waals surface area contributed by atoms with E-state index in [0.29, 0.717) is 6.04 Å². The van der Waals surface area contributed by atoms with Crippen LogP contribution in [0.1, 0.15) is 5.01 Å². The van der Waals surface area contributed by atoms with Gasteiger partial charge in [-0.25, -0.2) is 0 Å². The molecule has 80 valence electrons. The van der Waals surface area contributed by atoms with Crippen LogP contribution in [0.4, 0.5) is 0 Å². The lowest BCUT2D eigenvalue weighted by molar-refractivity contribution is 0.0769. The van der Waals surface area contributed by atoms with Crippen LogP contribution in [-0.2, 0) is 11.2 Å². The first-order valence-corrected chi connectivity index (χ1v) is 5.70. The zero-order chi connectivity index (χ0) is 10.1. The fourth-order valence-corrected chi connectivity index (χ4v) is 2.54. The predicted molar refractivity (Wildman–Crippen MR) is 55.0 cm³/mol. The zero-order valence-corrected chi connectivity index (χ0v) is 8.90. The third kappa shape index (κ3) is 1.85. The van der Waals surface area contributed by atoms with Gasteiger partial charge in [-0.05, 0) is 0 Å². The smallest absolute Gasteiger partial charge is 0.234 e. The summed E-state index contributed by atoms with van der Waals surface area (Å²) in [6.07, 6.45) is 2.52. The molecule has 2 aromatic heterocycles. The molecule has 0 aromatic carbocycles. The first-order valence-electron chi connectivity index (χ1n) is 4.89. The Morgan fingerprint density at radius 3 is 3.47 bits per heavy atom. The van der Waals surface area contributed by atoms with E-state index in [4.69, 9.17) is 4.74 Å². The molecule has 7 heteroatoms. The van der Waals surface area contributed by atoms with Gasteiger partial charge in [0, 0.05) is 19.0 Å². The van der Waals surface area contributed by atoms with Gasteiger partial charge in [-0.15, -0.1) is 10.2 Å². The molecule has 1 aliphatic heterocycles. The molecule has 1 saturated heterocycles. The van der Waals surface area contributed by atoms with Gasteiger partial charge < -0.3 is 10.1 Å². The largest absolute Gasteiger partial charge is 0.379 e. The van der Waals surface area contributed by atoms with Gasteiger partial charge >= 0.3 is 0 Å². The average molecular weight is 225 g/mol. The number of nitrogens with zero attached hydrogens (tertiary/aromatic N) is 4. The maximum atomic E-state index is 5.39. The van der Waals surface area contributed by atoms with Crippen molar-refractivity contribution in [3.63, 3.8) is 0 Å². The summed E-state index contributed by atoms with van der Waals surface area (Å²) in [6, 6.07) is 0.377. The number of ether oxygens (including phenoxy) is 1. The Balaban J connectivity index is 1.74. The summed E-state index contributed by atoms with van der Waals surface area (Å²) >= 11 is 1.58. The van der Waals surface area contributed by atoms with Gasteiger partial charge in [0.2, 0.25) is 4.96 Å². The standard InChI is InChI=1S/C8H11N5OS/c1-2-14-4-6(9-1)3-7-12-13-5-10-11-8(13)15-7/h5-6,9H,1-4H2. The Morgan fingerprint density at radius 1 is 1.67 bits per heavy atom. The molecule has 3 heterocycles. The van der Waals surface area contributed by atoms with Crippen molar-refractivity contribution >= 4 is 16.3 Å². The molecule has 0 amide bonds. The number of rotatable bonds is 2. The van der Waals surface area contributed by atoms with Crippen LogP contribution in [0, 0.1) is 0 Å². The fourth-order valence-electron chi connectivity index (χ4n) is 1.65. The second-order valence-corrected chi connectivity index (χ2v) is 4.52. The van der Waals surface area contributed by atoms with Gasteiger partial charge in [0.25, 0.3) is 0 Å². The highest BCUT2D eigenvalue weighted by atomic mass is 32.1. The van der Waals surface area contributed by atoms with Gasteiger partial charge in [-0.3, -0.25) is 0 Å². The Kier molecular flexibility index (Phi) is 2.35. The Hall–Kier alpha value is -1.05. The Morgan fingerprint density at radius 2 is 2.67 bits per heavy atom. The SMILES string of the molecule is c1nnc2sc(CC3COCCN3)nn12. The fraction of sp³-hybridized carbons (Fsp3) is 0.625. The molecule has 1 unspecified atom stereocenters. The summed E-state index contributed by atoms with van der Waals surface area (Å²) in [7, 11) is 0. The minimum atomic E-state index is 0.377. The summed E-state index contributed by atoms with van der Waals surface area (Å²) < 4.78 is 7.10. The van der Waals surface area contributed by atoms with Crippen LogP contribution >= 0.6 is 11.3 Å². The third-order valence-electron chi connectivity index (χ3n) is 2.35. The molecule has 0 bridgehead atoms. The van der Waals surface area contributed by atoms with Crippen LogP contribution < -0.4 is 5.32 Å². The molecule has 15 heavy (non-hydrogen) atoms. The lowest BCUT2D eigenvalue weighted by Gasteiger charge is -2.22. The molecule has 0 radical (unpaired) electrons. The Labute approximate surface area is 90.3 Å². The summed E-state index contributed by atoms with van der Waals surface area (Å²) in [5.74, 6) is 0. The molecule has 1 atom stereocenters. The molecule has 2 aromatic rings. The van der Waals surface area contributed by atoms with E-state index in [1.165, 1.54) is 0 Å². The van der Waals surface area contributed by atoms with Crippen molar-refractivity contribution in [2.24, 2.45) is 0 Å². The van der Waals surface area contributed by atoms with E-state index in [1.54, 1.807) is 22.2 Å². The summed E-state index contributed by atoms with van der Waals surface area (Å²) in [5.41, 5.74) is 0. The first kappa shape index (κ1) is 9.20. The van der Waals surface area contributed by atoms with Crippen molar-refractivity contribution in [1.29, 1.82) is 0 Å². The van der Waals surface area contributed by atoms with E-state index >= 15 is 0 Å². The topological polar surface area (TPSA) is 64.3 Å². The number of nitrogens with one attached hydrogen (secondary N) is 1. The van der Waals surface area contributed by atoms with E-state index in [1.807, 2.05) is 0 Å². The quantitative estimate of drug-likeness (QED) is 0.761. The Bertz CT molecular complexity index is 418. The van der Waals surface area contributed by atoms with Crippen molar-refractivity contribution in [1.82, 2.24) is 25.1 Å². The van der Waals surface area contributed by atoms with E-state index in [9.17, 15) is 0 Å². The molecular formula is C8H11N5OS. The van der Waals surface area contributed by atoms with Crippen LogP contribution in [0.2, 0.25) is 0 Å². The summed E-state index contributed by atoms with van der Waals surface area (Å²) in [5, 5.41) is 16.6. The minimum Gasteiger partial charge on any atom is -0.379 e. The number of aromatic nitrogens is 4.